The zero-order valence-corrected chi connectivity index (χ0v) is 39.7. The number of carboxylic acids is 1. The van der Waals surface area contributed by atoms with Crippen LogP contribution in [0.25, 0.3) is 0 Å². The first-order valence-corrected chi connectivity index (χ1v) is 20.6. The van der Waals surface area contributed by atoms with Crippen LogP contribution in [0.1, 0.15) is 155 Å². The lowest BCUT2D eigenvalue weighted by Gasteiger charge is -2.20. The van der Waals surface area contributed by atoms with Crippen molar-refractivity contribution in [1.82, 2.24) is 0 Å². The summed E-state index contributed by atoms with van der Waals surface area (Å²) in [6, 6.07) is 9.72. The summed E-state index contributed by atoms with van der Waals surface area (Å²) in [5.74, 6) is -0.912. The Labute approximate surface area is 352 Å². The van der Waals surface area contributed by atoms with Crippen LogP contribution in [0.5, 0.6) is 0 Å². The van der Waals surface area contributed by atoms with Crippen LogP contribution >= 0.6 is 0 Å². The first-order chi connectivity index (χ1) is 26.5. The Morgan fingerprint density at radius 2 is 0.879 bits per heavy atom. The summed E-state index contributed by atoms with van der Waals surface area (Å²) in [6.07, 6.45) is 3.84. The fourth-order valence-electron chi connectivity index (χ4n) is 2.83. The molecule has 0 aromatic heterocycles. The summed E-state index contributed by atoms with van der Waals surface area (Å²) in [6.45, 7) is 34.0. The molecule has 12 nitrogen and oxygen atoms in total. The van der Waals surface area contributed by atoms with Gasteiger partial charge >= 0.3 is 29.8 Å². The second-order valence-corrected chi connectivity index (χ2v) is 17.5. The molecule has 2 N–H and O–H groups in total. The smallest absolute Gasteiger partial charge is 0.311 e. The topological polar surface area (TPSA) is 172 Å². The Hall–Kier alpha value is -3.51. The number of carbonyl (C=O) groups is 5. The third kappa shape index (κ3) is 29.7. The number of aliphatic hydroxyl groups is 1. The van der Waals surface area contributed by atoms with Gasteiger partial charge in [-0.05, 0) is 113 Å². The average molecular weight is 829 g/mol. The van der Waals surface area contributed by atoms with Crippen molar-refractivity contribution in [3.8, 4) is 0 Å². The lowest BCUT2D eigenvalue weighted by Crippen LogP contribution is -2.26. The summed E-state index contributed by atoms with van der Waals surface area (Å²) in [4.78, 5) is 55.7. The number of methoxy groups -OCH3 is 1. The molecule has 0 atom stereocenters. The minimum absolute atomic E-state index is 0.0845. The zero-order chi connectivity index (χ0) is 46.4. The minimum Gasteiger partial charge on any atom is -0.481 e. The highest BCUT2D eigenvalue weighted by Gasteiger charge is 2.29. The number of hydrogen-bond acceptors (Lipinski definition) is 11. The third-order valence-corrected chi connectivity index (χ3v) is 9.81. The van der Waals surface area contributed by atoms with E-state index >= 15 is 0 Å². The molecule has 0 amide bonds. The van der Waals surface area contributed by atoms with Crippen molar-refractivity contribution >= 4 is 29.8 Å². The molecule has 0 unspecified atom stereocenters. The predicted molar refractivity (Wildman–Crippen MR) is 231 cm³/mol. The molecule has 0 saturated heterocycles. The molecular weight excluding hydrogens is 744 g/mol. The number of ether oxygens (including phenoxy) is 5. The second kappa shape index (κ2) is 31.4. The largest absolute Gasteiger partial charge is 0.481 e. The van der Waals surface area contributed by atoms with E-state index in [0.29, 0.717) is 38.8 Å². The maximum atomic E-state index is 11.6. The van der Waals surface area contributed by atoms with E-state index in [1.807, 2.05) is 134 Å². The third-order valence-electron chi connectivity index (χ3n) is 9.81. The number of hydrogen-bond donors (Lipinski definition) is 2. The molecule has 1 aromatic rings. The Kier molecular flexibility index (Phi) is 33.1. The van der Waals surface area contributed by atoms with E-state index in [9.17, 15) is 24.0 Å². The lowest BCUT2D eigenvalue weighted by molar-refractivity contribution is -0.156. The summed E-state index contributed by atoms with van der Waals surface area (Å²) in [5, 5.41) is 16.8. The van der Waals surface area contributed by atoms with Crippen LogP contribution in [0.15, 0.2) is 30.3 Å². The van der Waals surface area contributed by atoms with Crippen molar-refractivity contribution in [3.05, 3.63) is 35.9 Å². The van der Waals surface area contributed by atoms with Gasteiger partial charge < -0.3 is 33.9 Å². The highest BCUT2D eigenvalue weighted by molar-refractivity contribution is 5.77. The van der Waals surface area contributed by atoms with Gasteiger partial charge in [0.1, 0.15) is 19.8 Å². The number of benzene rings is 1. The van der Waals surface area contributed by atoms with Gasteiger partial charge in [-0.3, -0.25) is 24.0 Å². The maximum absolute atomic E-state index is 11.6. The Morgan fingerprint density at radius 3 is 1.17 bits per heavy atom. The molecule has 0 fully saturated rings. The molecule has 0 spiro atoms. The maximum Gasteiger partial charge on any atom is 0.311 e. The molecule has 1 rings (SSSR count). The molecule has 58 heavy (non-hydrogen) atoms. The standard InChI is InChI=1S/C13H18O2.C10H20O2.C9H18O3.C8H16O3.C6H12O2/c1-4-13(2,3)12(14)15-10-11-8-6-5-7-9-11;1-6-10(4,5)9(11)12-7-8(2)3;1-5-9(2,3)8(10)12-7-6-11-4;1-4-8(2,3)7(10)11-6-5-9;1-4-6(2,3)5(7)8/h5-9H,4,10H2,1-3H3;8H,6-7H2,1-5H3;5-7H2,1-4H3;9H,4-6H2,1-3H3;4H2,1-3H3,(H,7,8). The highest BCUT2D eigenvalue weighted by atomic mass is 16.6. The van der Waals surface area contributed by atoms with Gasteiger partial charge in [0.05, 0.1) is 46.9 Å². The Bertz CT molecular complexity index is 1260. The molecule has 0 aliphatic rings. The molecule has 0 saturated carbocycles. The SMILES string of the molecule is CCC(C)(C)C(=O)O.CCC(C)(C)C(=O)OCC(C)C.CCC(C)(C)C(=O)OCCO.CCC(C)(C)C(=O)OCCOC.CCC(C)(C)C(=O)OCc1ccccc1. The number of rotatable bonds is 19. The first kappa shape index (κ1) is 61.2. The van der Waals surface area contributed by atoms with Crippen LogP contribution < -0.4 is 0 Å². The quantitative estimate of drug-likeness (QED) is 0.0769. The van der Waals surface area contributed by atoms with E-state index in [4.69, 9.17) is 33.9 Å². The van der Waals surface area contributed by atoms with Gasteiger partial charge in [-0.25, -0.2) is 0 Å². The Morgan fingerprint density at radius 1 is 0.534 bits per heavy atom. The van der Waals surface area contributed by atoms with E-state index in [1.54, 1.807) is 21.0 Å². The molecule has 0 aliphatic heterocycles. The van der Waals surface area contributed by atoms with Crippen LogP contribution in [0.2, 0.25) is 0 Å². The van der Waals surface area contributed by atoms with Crippen molar-refractivity contribution in [2.75, 3.05) is 40.1 Å². The lowest BCUT2D eigenvalue weighted by atomic mass is 9.91. The average Bonchev–Trinajstić information content (AvgIpc) is 3.19. The van der Waals surface area contributed by atoms with Crippen molar-refractivity contribution in [1.29, 1.82) is 0 Å². The van der Waals surface area contributed by atoms with E-state index in [-0.39, 0.29) is 53.3 Å². The molecule has 0 aliphatic carbocycles. The van der Waals surface area contributed by atoms with Gasteiger partial charge in [-0.2, -0.15) is 0 Å². The van der Waals surface area contributed by atoms with Crippen LogP contribution in [0.4, 0.5) is 0 Å². The van der Waals surface area contributed by atoms with Crippen LogP contribution in [0, 0.1) is 33.0 Å². The molecule has 340 valence electrons. The molecule has 1 aromatic carbocycles. The summed E-state index contributed by atoms with van der Waals surface area (Å²) >= 11 is 0. The number of carboxylic acid groups (broad SMARTS) is 1. The number of aliphatic carboxylic acids is 1. The van der Waals surface area contributed by atoms with Gasteiger partial charge in [0.15, 0.2) is 0 Å². The summed E-state index contributed by atoms with van der Waals surface area (Å²) in [7, 11) is 1.58. The normalized spacial score (nSPS) is 11.4. The fourth-order valence-corrected chi connectivity index (χ4v) is 2.83. The van der Waals surface area contributed by atoms with Crippen LogP contribution in [-0.2, 0) is 54.3 Å². The van der Waals surface area contributed by atoms with E-state index < -0.39 is 16.8 Å². The predicted octanol–water partition coefficient (Wildman–Crippen LogP) is 9.87. The van der Waals surface area contributed by atoms with Crippen LogP contribution in [-0.4, -0.2) is 80.2 Å². The van der Waals surface area contributed by atoms with E-state index in [0.717, 1.165) is 31.2 Å². The van der Waals surface area contributed by atoms with Crippen molar-refractivity contribution in [2.24, 2.45) is 33.0 Å². The van der Waals surface area contributed by atoms with E-state index in [2.05, 4.69) is 0 Å². The summed E-state index contributed by atoms with van der Waals surface area (Å²) in [5.41, 5.74) is -1.01. The van der Waals surface area contributed by atoms with Gasteiger partial charge in [-0.1, -0.05) is 78.8 Å². The molecular formula is C46H84O12. The number of carbonyl (C=O) groups excluding carboxylic acids is 4. The Balaban J connectivity index is -0.000000319. The van der Waals surface area contributed by atoms with Gasteiger partial charge in [0.25, 0.3) is 0 Å². The highest BCUT2D eigenvalue weighted by Crippen LogP contribution is 2.24. The second-order valence-electron chi connectivity index (χ2n) is 17.5. The van der Waals surface area contributed by atoms with Crippen molar-refractivity contribution in [3.63, 3.8) is 0 Å². The van der Waals surface area contributed by atoms with Gasteiger partial charge in [0.2, 0.25) is 0 Å². The fraction of sp³-hybridized carbons (Fsp3) is 0.761. The van der Waals surface area contributed by atoms with Gasteiger partial charge in [-0.15, -0.1) is 0 Å². The number of esters is 4. The molecule has 0 heterocycles. The zero-order valence-electron chi connectivity index (χ0n) is 39.7. The van der Waals surface area contributed by atoms with Crippen molar-refractivity contribution in [2.45, 2.75) is 156 Å². The van der Waals surface area contributed by atoms with Gasteiger partial charge in [0, 0.05) is 7.11 Å². The first-order valence-electron chi connectivity index (χ1n) is 20.6. The monoisotopic (exact) mass is 829 g/mol. The van der Waals surface area contributed by atoms with Crippen molar-refractivity contribution < 1.29 is 57.9 Å². The molecule has 0 bridgehead atoms. The minimum atomic E-state index is -0.722. The number of aliphatic hydroxyl groups excluding tert-OH is 1. The summed E-state index contributed by atoms with van der Waals surface area (Å²) < 4.78 is 24.9. The van der Waals surface area contributed by atoms with Crippen LogP contribution in [0.3, 0.4) is 0 Å². The molecule has 0 radical (unpaired) electrons. The molecule has 12 heteroatoms. The van der Waals surface area contributed by atoms with E-state index in [1.165, 1.54) is 0 Å².